The largest absolute Gasteiger partial charge is 0.486 e. The molecule has 4 rings (SSSR count). The van der Waals surface area contributed by atoms with Gasteiger partial charge in [0.2, 0.25) is 5.91 Å². The first-order valence-corrected chi connectivity index (χ1v) is 8.83. The van der Waals surface area contributed by atoms with Crippen molar-refractivity contribution in [3.63, 3.8) is 0 Å². The van der Waals surface area contributed by atoms with Crippen LogP contribution in [0.5, 0.6) is 11.5 Å². The Hall–Kier alpha value is -2.24. The van der Waals surface area contributed by atoms with Crippen LogP contribution in [-0.4, -0.2) is 46.7 Å². The SMILES string of the molecule is CCc1nc2cc3c(cc2n1CC(=O)N1CCCCC1)OCCO3. The summed E-state index contributed by atoms with van der Waals surface area (Å²) in [5.74, 6) is 2.59. The van der Waals surface area contributed by atoms with E-state index in [9.17, 15) is 4.79 Å². The van der Waals surface area contributed by atoms with Crippen molar-refractivity contribution in [1.29, 1.82) is 0 Å². The van der Waals surface area contributed by atoms with Crippen molar-refractivity contribution in [3.8, 4) is 11.5 Å². The summed E-state index contributed by atoms with van der Waals surface area (Å²) in [5, 5.41) is 0. The van der Waals surface area contributed by atoms with Crippen molar-refractivity contribution in [2.24, 2.45) is 0 Å². The van der Waals surface area contributed by atoms with Crippen LogP contribution in [0.3, 0.4) is 0 Å². The highest BCUT2D eigenvalue weighted by molar-refractivity contribution is 5.84. The van der Waals surface area contributed by atoms with E-state index in [1.54, 1.807) is 0 Å². The second kappa shape index (κ2) is 6.34. The lowest BCUT2D eigenvalue weighted by molar-refractivity contribution is -0.132. The summed E-state index contributed by atoms with van der Waals surface area (Å²) in [6.45, 7) is 5.28. The van der Waals surface area contributed by atoms with Crippen LogP contribution in [0.1, 0.15) is 32.0 Å². The third-order valence-electron chi connectivity index (χ3n) is 4.81. The summed E-state index contributed by atoms with van der Waals surface area (Å²) in [4.78, 5) is 19.4. The number of hydrogen-bond acceptors (Lipinski definition) is 4. The van der Waals surface area contributed by atoms with Gasteiger partial charge in [0, 0.05) is 31.6 Å². The molecule has 2 aromatic rings. The maximum absolute atomic E-state index is 12.7. The van der Waals surface area contributed by atoms with Gasteiger partial charge in [-0.05, 0) is 19.3 Å². The van der Waals surface area contributed by atoms with Gasteiger partial charge in [-0.15, -0.1) is 0 Å². The maximum Gasteiger partial charge on any atom is 0.242 e. The second-order valence-corrected chi connectivity index (χ2v) is 6.39. The third-order valence-corrected chi connectivity index (χ3v) is 4.81. The molecule has 1 aromatic heterocycles. The monoisotopic (exact) mass is 329 g/mol. The molecule has 0 aliphatic carbocycles. The van der Waals surface area contributed by atoms with Gasteiger partial charge >= 0.3 is 0 Å². The third kappa shape index (κ3) is 2.70. The van der Waals surface area contributed by atoms with Crippen molar-refractivity contribution in [3.05, 3.63) is 18.0 Å². The van der Waals surface area contributed by atoms with E-state index in [1.807, 2.05) is 21.6 Å². The average Bonchev–Trinajstić information content (AvgIpc) is 2.97. The highest BCUT2D eigenvalue weighted by atomic mass is 16.6. The number of rotatable bonds is 3. The number of aromatic nitrogens is 2. The molecule has 1 amide bonds. The Labute approximate surface area is 141 Å². The van der Waals surface area contributed by atoms with Crippen molar-refractivity contribution < 1.29 is 14.3 Å². The Bertz CT molecular complexity index is 762. The number of fused-ring (bicyclic) bond motifs is 2. The number of hydrogen-bond donors (Lipinski definition) is 0. The van der Waals surface area contributed by atoms with Crippen molar-refractivity contribution in [2.75, 3.05) is 26.3 Å². The summed E-state index contributed by atoms with van der Waals surface area (Å²) < 4.78 is 13.4. The molecule has 24 heavy (non-hydrogen) atoms. The molecule has 0 bridgehead atoms. The van der Waals surface area contributed by atoms with Gasteiger partial charge in [-0.25, -0.2) is 4.98 Å². The fraction of sp³-hybridized carbons (Fsp3) is 0.556. The number of likely N-dealkylation sites (tertiary alicyclic amines) is 1. The first-order valence-electron chi connectivity index (χ1n) is 8.83. The molecule has 6 heteroatoms. The van der Waals surface area contributed by atoms with E-state index >= 15 is 0 Å². The van der Waals surface area contributed by atoms with E-state index in [4.69, 9.17) is 14.5 Å². The average molecular weight is 329 g/mol. The van der Waals surface area contributed by atoms with Gasteiger partial charge in [0.05, 0.1) is 11.0 Å². The number of nitrogens with zero attached hydrogens (tertiary/aromatic N) is 3. The van der Waals surface area contributed by atoms with E-state index in [0.717, 1.165) is 60.7 Å². The van der Waals surface area contributed by atoms with Crippen molar-refractivity contribution >= 4 is 16.9 Å². The number of ether oxygens (including phenoxy) is 2. The zero-order valence-corrected chi connectivity index (χ0v) is 14.1. The molecule has 0 atom stereocenters. The van der Waals surface area contributed by atoms with Crippen LogP contribution in [0.15, 0.2) is 12.1 Å². The van der Waals surface area contributed by atoms with Crippen molar-refractivity contribution in [1.82, 2.24) is 14.5 Å². The molecule has 0 spiro atoms. The van der Waals surface area contributed by atoms with Gasteiger partial charge in [0.1, 0.15) is 25.6 Å². The van der Waals surface area contributed by atoms with E-state index in [1.165, 1.54) is 6.42 Å². The van der Waals surface area contributed by atoms with E-state index in [-0.39, 0.29) is 5.91 Å². The lowest BCUT2D eigenvalue weighted by atomic mass is 10.1. The Morgan fingerprint density at radius 2 is 1.83 bits per heavy atom. The Morgan fingerprint density at radius 3 is 2.54 bits per heavy atom. The topological polar surface area (TPSA) is 56.6 Å². The number of carbonyl (C=O) groups is 1. The van der Waals surface area contributed by atoms with Gasteiger partial charge in [0.15, 0.2) is 11.5 Å². The molecular formula is C18H23N3O3. The molecule has 1 aromatic carbocycles. The highest BCUT2D eigenvalue weighted by Crippen LogP contribution is 2.35. The molecule has 0 radical (unpaired) electrons. The zero-order chi connectivity index (χ0) is 16.5. The normalized spacial score (nSPS) is 17.3. The maximum atomic E-state index is 12.7. The first-order chi connectivity index (χ1) is 11.8. The molecule has 0 unspecified atom stereocenters. The predicted octanol–water partition coefficient (Wildman–Crippen LogP) is 2.38. The van der Waals surface area contributed by atoms with Gasteiger partial charge in [-0.2, -0.15) is 0 Å². The summed E-state index contributed by atoms with van der Waals surface area (Å²) in [5.41, 5.74) is 1.81. The molecule has 2 aliphatic rings. The number of aryl methyl sites for hydroxylation is 1. The van der Waals surface area contributed by atoms with Gasteiger partial charge in [-0.1, -0.05) is 6.92 Å². The lowest BCUT2D eigenvalue weighted by Gasteiger charge is -2.27. The minimum Gasteiger partial charge on any atom is -0.486 e. The standard InChI is InChI=1S/C18H23N3O3/c1-2-17-19-13-10-15-16(24-9-8-23-15)11-14(13)21(17)12-18(22)20-6-4-3-5-7-20/h10-11H,2-9,12H2,1H3. The summed E-state index contributed by atoms with van der Waals surface area (Å²) >= 11 is 0. The molecule has 2 aliphatic heterocycles. The van der Waals surface area contributed by atoms with E-state index in [2.05, 4.69) is 6.92 Å². The second-order valence-electron chi connectivity index (χ2n) is 6.39. The number of amides is 1. The highest BCUT2D eigenvalue weighted by Gasteiger charge is 2.21. The predicted molar refractivity (Wildman–Crippen MR) is 90.5 cm³/mol. The first kappa shape index (κ1) is 15.3. The fourth-order valence-corrected chi connectivity index (χ4v) is 3.54. The number of piperidine rings is 1. The molecule has 0 N–H and O–H groups in total. The minimum absolute atomic E-state index is 0.179. The van der Waals surface area contributed by atoms with Crippen molar-refractivity contribution in [2.45, 2.75) is 39.2 Å². The number of imidazole rings is 1. The zero-order valence-electron chi connectivity index (χ0n) is 14.1. The molecule has 1 saturated heterocycles. The quantitative estimate of drug-likeness (QED) is 0.867. The van der Waals surface area contributed by atoms with Gasteiger partial charge in [0.25, 0.3) is 0 Å². The smallest absolute Gasteiger partial charge is 0.242 e. The summed E-state index contributed by atoms with van der Waals surface area (Å²) in [6, 6.07) is 3.88. The van der Waals surface area contributed by atoms with Crippen LogP contribution in [0.4, 0.5) is 0 Å². The molecule has 1 fully saturated rings. The summed E-state index contributed by atoms with van der Waals surface area (Å²) in [6.07, 6.45) is 4.22. The van der Waals surface area contributed by atoms with Crippen LogP contribution in [0, 0.1) is 0 Å². The van der Waals surface area contributed by atoms with Crippen LogP contribution in [0.2, 0.25) is 0 Å². The van der Waals surface area contributed by atoms with E-state index in [0.29, 0.717) is 19.8 Å². The fourth-order valence-electron chi connectivity index (χ4n) is 3.54. The van der Waals surface area contributed by atoms with Gasteiger partial charge < -0.3 is 18.9 Å². The number of carbonyl (C=O) groups excluding carboxylic acids is 1. The van der Waals surface area contributed by atoms with Crippen LogP contribution in [0.25, 0.3) is 11.0 Å². The number of benzene rings is 1. The molecule has 6 nitrogen and oxygen atoms in total. The van der Waals surface area contributed by atoms with Crippen LogP contribution in [-0.2, 0) is 17.8 Å². The molecule has 128 valence electrons. The molecular weight excluding hydrogens is 306 g/mol. The lowest BCUT2D eigenvalue weighted by Crippen LogP contribution is -2.38. The van der Waals surface area contributed by atoms with Crippen LogP contribution >= 0.6 is 0 Å². The molecule has 3 heterocycles. The Kier molecular flexibility index (Phi) is 4.04. The molecule has 0 saturated carbocycles. The Morgan fingerprint density at radius 1 is 1.12 bits per heavy atom. The van der Waals surface area contributed by atoms with Crippen LogP contribution < -0.4 is 9.47 Å². The van der Waals surface area contributed by atoms with Gasteiger partial charge in [-0.3, -0.25) is 4.79 Å². The van der Waals surface area contributed by atoms with E-state index < -0.39 is 0 Å². The summed E-state index contributed by atoms with van der Waals surface area (Å²) in [7, 11) is 0. The minimum atomic E-state index is 0.179. The Balaban J connectivity index is 1.68.